The van der Waals surface area contributed by atoms with E-state index in [0.717, 1.165) is 50.6 Å². The van der Waals surface area contributed by atoms with Crippen LogP contribution in [0.5, 0.6) is 0 Å². The summed E-state index contributed by atoms with van der Waals surface area (Å²) >= 11 is 0. The predicted octanol–water partition coefficient (Wildman–Crippen LogP) is 10.9. The van der Waals surface area contributed by atoms with Crippen molar-refractivity contribution in [2.45, 2.75) is 6.42 Å². The Morgan fingerprint density at radius 2 is 1.06 bits per heavy atom. The van der Waals surface area contributed by atoms with Gasteiger partial charge in [0.2, 0.25) is 0 Å². The molecule has 6 aromatic carbocycles. The monoisotopic (exact) mass is 642 g/mol. The largest absolute Gasteiger partial charge is 0.398 e. The highest BCUT2D eigenvalue weighted by Gasteiger charge is 2.18. The number of hydrogen-bond acceptors (Lipinski definition) is 2. The molecule has 4 heteroatoms. The number of fused-ring (bicyclic) bond motifs is 6. The van der Waals surface area contributed by atoms with Crippen molar-refractivity contribution < 1.29 is 0 Å². The Kier molecular flexibility index (Phi) is 7.33. The molecule has 0 aliphatic rings. The van der Waals surface area contributed by atoms with Gasteiger partial charge in [-0.25, -0.2) is 4.98 Å². The molecule has 4 nitrogen and oxygen atoms in total. The Hall–Kier alpha value is -6.65. The minimum absolute atomic E-state index is 0.653. The van der Waals surface area contributed by atoms with Crippen LogP contribution in [-0.2, 0) is 6.42 Å². The van der Waals surface area contributed by atoms with Crippen LogP contribution in [0.4, 0.5) is 0 Å². The molecule has 0 spiro atoms. The molecule has 9 rings (SSSR count). The second kappa shape index (κ2) is 12.4. The molecule has 2 N–H and O–H groups in total. The average Bonchev–Trinajstić information content (AvgIpc) is 3.68. The lowest BCUT2D eigenvalue weighted by molar-refractivity contribution is 1.02. The minimum atomic E-state index is 0.653. The molecule has 0 saturated heterocycles. The number of para-hydroxylation sites is 3. The van der Waals surface area contributed by atoms with Gasteiger partial charge in [0.1, 0.15) is 5.82 Å². The molecule has 3 heterocycles. The van der Waals surface area contributed by atoms with Gasteiger partial charge in [-0.3, -0.25) is 4.57 Å². The zero-order valence-electron chi connectivity index (χ0n) is 27.4. The first-order valence-electron chi connectivity index (χ1n) is 17.0. The van der Waals surface area contributed by atoms with Crippen molar-refractivity contribution in [1.29, 1.82) is 0 Å². The van der Waals surface area contributed by atoms with E-state index in [1.807, 2.05) is 36.4 Å². The van der Waals surface area contributed by atoms with Gasteiger partial charge in [0.15, 0.2) is 0 Å². The van der Waals surface area contributed by atoms with E-state index in [9.17, 15) is 0 Å². The molecule has 50 heavy (non-hydrogen) atoms. The van der Waals surface area contributed by atoms with Gasteiger partial charge in [-0.05, 0) is 71.3 Å². The number of rotatable bonds is 7. The number of aromatic nitrogens is 3. The smallest absolute Gasteiger partial charge is 0.137 e. The number of hydrogen-bond donors (Lipinski definition) is 1. The van der Waals surface area contributed by atoms with Gasteiger partial charge in [0.25, 0.3) is 0 Å². The second-order valence-electron chi connectivity index (χ2n) is 12.6. The van der Waals surface area contributed by atoms with E-state index >= 15 is 0 Å². The van der Waals surface area contributed by atoms with Gasteiger partial charge in [-0.15, -0.1) is 0 Å². The van der Waals surface area contributed by atoms with E-state index in [1.54, 1.807) is 0 Å². The van der Waals surface area contributed by atoms with Gasteiger partial charge in [-0.2, -0.15) is 0 Å². The molecule has 0 unspecified atom stereocenters. The van der Waals surface area contributed by atoms with E-state index in [4.69, 9.17) is 10.7 Å². The van der Waals surface area contributed by atoms with Crippen molar-refractivity contribution in [2.75, 3.05) is 0 Å². The molecule has 0 amide bonds. The van der Waals surface area contributed by atoms with E-state index in [1.165, 1.54) is 32.6 Å². The van der Waals surface area contributed by atoms with E-state index < -0.39 is 0 Å². The van der Waals surface area contributed by atoms with Gasteiger partial charge in [-0.1, -0.05) is 127 Å². The molecule has 0 aliphatic heterocycles. The van der Waals surface area contributed by atoms with Crippen molar-refractivity contribution in [3.63, 3.8) is 0 Å². The van der Waals surface area contributed by atoms with Crippen LogP contribution in [0.15, 0.2) is 182 Å². The number of benzene rings is 6. The number of allylic oxidation sites excluding steroid dienone is 3. The summed E-state index contributed by atoms with van der Waals surface area (Å²) in [7, 11) is 0. The lowest BCUT2D eigenvalue weighted by atomic mass is 10.0. The van der Waals surface area contributed by atoms with Gasteiger partial charge < -0.3 is 10.3 Å². The fourth-order valence-electron chi connectivity index (χ4n) is 7.22. The van der Waals surface area contributed by atoms with Gasteiger partial charge >= 0.3 is 0 Å². The van der Waals surface area contributed by atoms with Crippen molar-refractivity contribution in [2.24, 2.45) is 5.73 Å². The maximum atomic E-state index is 6.61. The molecular formula is C46H34N4. The molecule has 0 fully saturated rings. The van der Waals surface area contributed by atoms with Crippen molar-refractivity contribution in [1.82, 2.24) is 14.1 Å². The highest BCUT2D eigenvalue weighted by atomic mass is 15.1. The maximum absolute atomic E-state index is 6.61. The van der Waals surface area contributed by atoms with Crippen LogP contribution in [0, 0.1) is 0 Å². The fourth-order valence-corrected chi connectivity index (χ4v) is 7.22. The van der Waals surface area contributed by atoms with Gasteiger partial charge in [0.05, 0.1) is 22.1 Å². The highest BCUT2D eigenvalue weighted by Crippen LogP contribution is 2.39. The van der Waals surface area contributed by atoms with E-state index in [-0.39, 0.29) is 0 Å². The Balaban J connectivity index is 1.20. The standard InChI is InChI=1S/C46H34N4/c47-41(33-17-6-2-7-18-33)29-34(32-15-4-1-5-16-32)27-28-35-19-14-26-46(48-35)50-43-25-13-11-23-38(43)40-30-39-37-22-10-12-24-42(37)49(44(39)31-45(40)50)36-20-8-3-9-21-36/h1-27,29-31H,28,47H2/b34-27+,41-29-. The van der Waals surface area contributed by atoms with Crippen LogP contribution in [0.2, 0.25) is 0 Å². The van der Waals surface area contributed by atoms with E-state index in [0.29, 0.717) is 6.42 Å². The SMILES string of the molecule is N/C(=C\C(=C/Cc1cccc(-n2c3ccccc3c3cc4c5ccccc5n(-c5ccccc5)c4cc32)n1)c1ccccc1)c1ccccc1. The minimum Gasteiger partial charge on any atom is -0.398 e. The Bertz CT molecular complexity index is 2720. The quantitative estimate of drug-likeness (QED) is 0.176. The number of nitrogens with two attached hydrogens (primary N) is 1. The van der Waals surface area contributed by atoms with Crippen molar-refractivity contribution >= 4 is 54.9 Å². The van der Waals surface area contributed by atoms with Crippen LogP contribution in [0.25, 0.3) is 66.4 Å². The van der Waals surface area contributed by atoms with Crippen LogP contribution < -0.4 is 5.73 Å². The van der Waals surface area contributed by atoms with Gasteiger partial charge in [0, 0.05) is 45.0 Å². The third-order valence-electron chi connectivity index (χ3n) is 9.56. The topological polar surface area (TPSA) is 48.8 Å². The third kappa shape index (κ3) is 5.15. The fraction of sp³-hybridized carbons (Fsp3) is 0.0217. The lowest BCUT2D eigenvalue weighted by Crippen LogP contribution is -2.01. The van der Waals surface area contributed by atoms with Crippen LogP contribution in [0.1, 0.15) is 16.8 Å². The molecule has 0 atom stereocenters. The molecule has 3 aromatic heterocycles. The Morgan fingerprint density at radius 3 is 1.74 bits per heavy atom. The summed E-state index contributed by atoms with van der Waals surface area (Å²) in [4.78, 5) is 5.28. The molecule has 0 bridgehead atoms. The zero-order valence-corrected chi connectivity index (χ0v) is 27.4. The molecule has 0 radical (unpaired) electrons. The molecule has 238 valence electrons. The second-order valence-corrected chi connectivity index (χ2v) is 12.6. The first-order valence-corrected chi connectivity index (χ1v) is 17.0. The van der Waals surface area contributed by atoms with Crippen LogP contribution in [0.3, 0.4) is 0 Å². The summed E-state index contributed by atoms with van der Waals surface area (Å²) < 4.78 is 4.69. The third-order valence-corrected chi connectivity index (χ3v) is 9.56. The highest BCUT2D eigenvalue weighted by molar-refractivity contribution is 6.19. The molecule has 0 saturated carbocycles. The number of pyridine rings is 1. The van der Waals surface area contributed by atoms with Crippen LogP contribution >= 0.6 is 0 Å². The predicted molar refractivity (Wildman–Crippen MR) is 210 cm³/mol. The summed E-state index contributed by atoms with van der Waals surface area (Å²) in [6.07, 6.45) is 4.95. The molecule has 9 aromatic rings. The Morgan fingerprint density at radius 1 is 0.500 bits per heavy atom. The first kappa shape index (κ1) is 29.5. The van der Waals surface area contributed by atoms with Crippen molar-refractivity contribution in [3.8, 4) is 11.5 Å². The first-order chi connectivity index (χ1) is 24.7. The van der Waals surface area contributed by atoms with Crippen LogP contribution in [-0.4, -0.2) is 14.1 Å². The lowest BCUT2D eigenvalue weighted by Gasteiger charge is -2.11. The summed E-state index contributed by atoms with van der Waals surface area (Å²) in [5.74, 6) is 0.893. The molecular weight excluding hydrogens is 609 g/mol. The van der Waals surface area contributed by atoms with Crippen molar-refractivity contribution in [3.05, 3.63) is 199 Å². The summed E-state index contributed by atoms with van der Waals surface area (Å²) in [5.41, 5.74) is 17.3. The van der Waals surface area contributed by atoms with E-state index in [2.05, 4.69) is 155 Å². The summed E-state index contributed by atoms with van der Waals surface area (Å²) in [6, 6.07) is 59.5. The Labute approximate surface area is 290 Å². The maximum Gasteiger partial charge on any atom is 0.137 e. The molecule has 0 aliphatic carbocycles. The number of nitrogens with zero attached hydrogens (tertiary/aromatic N) is 3. The average molecular weight is 643 g/mol. The normalized spacial score (nSPS) is 12.4. The zero-order chi connectivity index (χ0) is 33.4. The summed E-state index contributed by atoms with van der Waals surface area (Å²) in [5, 5.41) is 4.90. The summed E-state index contributed by atoms with van der Waals surface area (Å²) in [6.45, 7) is 0.